The van der Waals surface area contributed by atoms with E-state index in [1.165, 1.54) is 72.8 Å². The number of carbonyl (C=O) groups is 5. The van der Waals surface area contributed by atoms with Gasteiger partial charge in [-0.15, -0.1) is 0 Å². The van der Waals surface area contributed by atoms with Crippen molar-refractivity contribution < 1.29 is 32.8 Å². The number of ketones is 5. The predicted molar refractivity (Wildman–Crippen MR) is 126 cm³/mol. The van der Waals surface area contributed by atoms with Crippen molar-refractivity contribution >= 4 is 28.9 Å². The highest BCUT2D eigenvalue weighted by Gasteiger charge is 2.21. The summed E-state index contributed by atoms with van der Waals surface area (Å²) in [5.41, 5.74) is 0.718. The molecule has 0 aromatic heterocycles. The highest BCUT2D eigenvalue weighted by atomic mass is 19.1. The molecule has 0 heterocycles. The summed E-state index contributed by atoms with van der Waals surface area (Å²) in [6.45, 7) is 0. The van der Waals surface area contributed by atoms with Gasteiger partial charge in [0.15, 0.2) is 5.78 Å². The van der Waals surface area contributed by atoms with Crippen LogP contribution in [0.1, 0.15) is 57.4 Å². The summed E-state index contributed by atoms with van der Waals surface area (Å²) in [6, 6.07) is 20.1. The topological polar surface area (TPSA) is 85.3 Å². The molecule has 176 valence electrons. The molecule has 36 heavy (non-hydrogen) atoms. The summed E-state index contributed by atoms with van der Waals surface area (Å²) in [5, 5.41) is 0. The highest BCUT2D eigenvalue weighted by molar-refractivity contribution is 6.49. The molecule has 0 unspecified atom stereocenters. The molecule has 7 heteroatoms. The van der Waals surface area contributed by atoms with Crippen LogP contribution in [0.4, 0.5) is 8.78 Å². The molecule has 0 aliphatic heterocycles. The molecule has 0 radical (unpaired) electrons. The molecule has 0 spiro atoms. The molecule has 5 nitrogen and oxygen atoms in total. The molecule has 0 fully saturated rings. The lowest BCUT2D eigenvalue weighted by Gasteiger charge is -2.05. The normalized spacial score (nSPS) is 10.5. The SMILES string of the molecule is O=C(C(=O)c1ccc(C(=O)c2ccc(C(=O)C(=O)c3ccc(F)cc3)cc2)cc1)c1ccc(F)cc1. The van der Waals surface area contributed by atoms with E-state index in [4.69, 9.17) is 0 Å². The Morgan fingerprint density at radius 2 is 0.528 bits per heavy atom. The van der Waals surface area contributed by atoms with Crippen LogP contribution in [0.25, 0.3) is 0 Å². The van der Waals surface area contributed by atoms with E-state index in [2.05, 4.69) is 0 Å². The maximum absolute atomic E-state index is 13.0. The maximum atomic E-state index is 13.0. The van der Waals surface area contributed by atoms with Crippen LogP contribution in [0, 0.1) is 11.6 Å². The third-order valence-corrected chi connectivity index (χ3v) is 5.44. The first-order valence-electron chi connectivity index (χ1n) is 10.7. The molecule has 0 aliphatic rings. The van der Waals surface area contributed by atoms with Gasteiger partial charge in [-0.05, 0) is 48.5 Å². The van der Waals surface area contributed by atoms with Crippen molar-refractivity contribution in [2.24, 2.45) is 0 Å². The lowest BCUT2D eigenvalue weighted by molar-refractivity contribution is 0.0817. The number of halogens is 2. The quantitative estimate of drug-likeness (QED) is 0.250. The van der Waals surface area contributed by atoms with Gasteiger partial charge in [-0.2, -0.15) is 0 Å². The molecular weight excluding hydrogens is 466 g/mol. The Labute approximate surface area is 204 Å². The number of rotatable bonds is 8. The molecular formula is C29H16F2O5. The Bertz CT molecular complexity index is 1370. The summed E-state index contributed by atoms with van der Waals surface area (Å²) >= 11 is 0. The average molecular weight is 482 g/mol. The van der Waals surface area contributed by atoms with Gasteiger partial charge in [0.25, 0.3) is 0 Å². The summed E-state index contributed by atoms with van der Waals surface area (Å²) in [7, 11) is 0. The monoisotopic (exact) mass is 482 g/mol. The predicted octanol–water partition coefficient (Wildman–Crippen LogP) is 5.33. The van der Waals surface area contributed by atoms with Crippen LogP contribution in [0.2, 0.25) is 0 Å². The Kier molecular flexibility index (Phi) is 6.83. The standard InChI is InChI=1S/C29H16F2O5/c30-23-13-9-21(10-14-23)28(35)26(33)19-5-1-17(2-6-19)25(32)18-3-7-20(8-4-18)27(34)29(36)22-11-15-24(31)16-12-22/h1-16H. The second-order valence-electron chi connectivity index (χ2n) is 7.81. The third-order valence-electron chi connectivity index (χ3n) is 5.44. The van der Waals surface area contributed by atoms with Gasteiger partial charge < -0.3 is 0 Å². The summed E-state index contributed by atoms with van der Waals surface area (Å²) in [6.07, 6.45) is 0. The molecule has 0 amide bonds. The Balaban J connectivity index is 1.46. The van der Waals surface area contributed by atoms with Crippen molar-refractivity contribution in [2.75, 3.05) is 0 Å². The van der Waals surface area contributed by atoms with E-state index in [0.29, 0.717) is 0 Å². The molecule has 0 N–H and O–H groups in total. The van der Waals surface area contributed by atoms with E-state index in [1.807, 2.05) is 0 Å². The van der Waals surface area contributed by atoms with Crippen LogP contribution in [0.3, 0.4) is 0 Å². The first kappa shape index (κ1) is 24.2. The smallest absolute Gasteiger partial charge is 0.233 e. The summed E-state index contributed by atoms with van der Waals surface area (Å²) < 4.78 is 26.1. The zero-order chi connectivity index (χ0) is 25.8. The molecule has 0 atom stereocenters. The summed E-state index contributed by atoms with van der Waals surface area (Å²) in [4.78, 5) is 62.4. The zero-order valence-corrected chi connectivity index (χ0v) is 18.5. The number of hydrogen-bond donors (Lipinski definition) is 0. The van der Waals surface area contributed by atoms with Crippen LogP contribution in [-0.4, -0.2) is 28.9 Å². The van der Waals surface area contributed by atoms with Gasteiger partial charge in [0.2, 0.25) is 23.1 Å². The van der Waals surface area contributed by atoms with Crippen LogP contribution in [0.15, 0.2) is 97.1 Å². The van der Waals surface area contributed by atoms with Gasteiger partial charge in [-0.25, -0.2) is 8.78 Å². The fraction of sp³-hybridized carbons (Fsp3) is 0. The van der Waals surface area contributed by atoms with Gasteiger partial charge in [-0.1, -0.05) is 48.5 Å². The Morgan fingerprint density at radius 3 is 0.778 bits per heavy atom. The number of benzene rings is 4. The van der Waals surface area contributed by atoms with Crippen LogP contribution in [0.5, 0.6) is 0 Å². The zero-order valence-electron chi connectivity index (χ0n) is 18.5. The van der Waals surface area contributed by atoms with E-state index in [9.17, 15) is 32.8 Å². The van der Waals surface area contributed by atoms with E-state index >= 15 is 0 Å². The molecule has 0 saturated carbocycles. The van der Waals surface area contributed by atoms with Crippen molar-refractivity contribution in [1.82, 2.24) is 0 Å². The molecule has 0 saturated heterocycles. The molecule has 0 aliphatic carbocycles. The lowest BCUT2D eigenvalue weighted by Crippen LogP contribution is -2.15. The van der Waals surface area contributed by atoms with Gasteiger partial charge >= 0.3 is 0 Å². The van der Waals surface area contributed by atoms with Crippen molar-refractivity contribution in [3.63, 3.8) is 0 Å². The number of hydrogen-bond acceptors (Lipinski definition) is 5. The third kappa shape index (κ3) is 5.10. The van der Waals surface area contributed by atoms with Crippen molar-refractivity contribution in [3.8, 4) is 0 Å². The minimum absolute atomic E-state index is 0.0501. The highest BCUT2D eigenvalue weighted by Crippen LogP contribution is 2.16. The van der Waals surface area contributed by atoms with Crippen molar-refractivity contribution in [3.05, 3.63) is 142 Å². The average Bonchev–Trinajstić information content (AvgIpc) is 2.92. The second kappa shape index (κ2) is 10.1. The largest absolute Gasteiger partial charge is 0.289 e. The fourth-order valence-corrected chi connectivity index (χ4v) is 3.44. The minimum atomic E-state index is -0.801. The molecule has 4 rings (SSSR count). The van der Waals surface area contributed by atoms with Gasteiger partial charge in [0.1, 0.15) is 11.6 Å². The number of carbonyl (C=O) groups excluding carboxylic acids is 5. The van der Waals surface area contributed by atoms with Gasteiger partial charge in [-0.3, -0.25) is 24.0 Å². The Morgan fingerprint density at radius 1 is 0.333 bits per heavy atom. The summed E-state index contributed by atoms with van der Waals surface area (Å²) in [5.74, 6) is -4.65. The lowest BCUT2D eigenvalue weighted by atomic mass is 9.96. The Hall–Kier alpha value is -4.91. The fourth-order valence-electron chi connectivity index (χ4n) is 3.44. The van der Waals surface area contributed by atoms with Crippen LogP contribution in [-0.2, 0) is 0 Å². The molecule has 0 bridgehead atoms. The maximum Gasteiger partial charge on any atom is 0.233 e. The molecule has 4 aromatic rings. The van der Waals surface area contributed by atoms with E-state index in [0.717, 1.165) is 24.3 Å². The van der Waals surface area contributed by atoms with E-state index in [-0.39, 0.29) is 33.4 Å². The van der Waals surface area contributed by atoms with Crippen LogP contribution >= 0.6 is 0 Å². The first-order chi connectivity index (χ1) is 17.2. The second-order valence-corrected chi connectivity index (χ2v) is 7.81. The van der Waals surface area contributed by atoms with Gasteiger partial charge in [0, 0.05) is 33.4 Å². The van der Waals surface area contributed by atoms with Crippen molar-refractivity contribution in [1.29, 1.82) is 0 Å². The molecule has 4 aromatic carbocycles. The van der Waals surface area contributed by atoms with E-state index < -0.39 is 40.6 Å². The van der Waals surface area contributed by atoms with Crippen LogP contribution < -0.4 is 0 Å². The minimum Gasteiger partial charge on any atom is -0.289 e. The number of Topliss-reactive ketones (excluding diaryl/α,β-unsaturated/α-hetero) is 4. The first-order valence-corrected chi connectivity index (χ1v) is 10.7. The van der Waals surface area contributed by atoms with E-state index in [1.54, 1.807) is 0 Å². The van der Waals surface area contributed by atoms with Gasteiger partial charge in [0.05, 0.1) is 0 Å². The van der Waals surface area contributed by atoms with Crippen molar-refractivity contribution in [2.45, 2.75) is 0 Å².